The number of hydrogen-bond acceptors (Lipinski definition) is 13. The van der Waals surface area contributed by atoms with Crippen molar-refractivity contribution in [3.05, 3.63) is 235 Å². The zero-order valence-electron chi connectivity index (χ0n) is 45.1. The Labute approximate surface area is 470 Å². The maximum absolute atomic E-state index is 12.2. The number of aryl methyl sites for hydroxylation is 6. The summed E-state index contributed by atoms with van der Waals surface area (Å²) in [6.07, 6.45) is 0. The van der Waals surface area contributed by atoms with Gasteiger partial charge in [-0.1, -0.05) is 85.9 Å². The van der Waals surface area contributed by atoms with Crippen molar-refractivity contribution in [1.29, 1.82) is 0 Å². The summed E-state index contributed by atoms with van der Waals surface area (Å²) >= 11 is 17.4. The molecule has 8 aromatic rings. The monoisotopic (exact) mass is 1110 g/mol. The molecule has 0 aliphatic carbocycles. The molecular formula is C60H63Cl3N8O7. The Bertz CT molecular complexity index is 3190. The zero-order chi connectivity index (χ0) is 58.1. The normalized spacial score (nSPS) is 10.1. The van der Waals surface area contributed by atoms with Crippen molar-refractivity contribution in [3.63, 3.8) is 0 Å². The number of rotatable bonds is 8. The van der Waals surface area contributed by atoms with Gasteiger partial charge >= 0.3 is 11.9 Å². The van der Waals surface area contributed by atoms with Crippen LogP contribution in [-0.2, 0) is 9.53 Å². The van der Waals surface area contributed by atoms with Gasteiger partial charge in [0.2, 0.25) is 17.5 Å². The third-order valence-corrected chi connectivity index (χ3v) is 10.8. The van der Waals surface area contributed by atoms with Crippen LogP contribution in [0.1, 0.15) is 115 Å². The molecule has 0 aliphatic rings. The highest BCUT2D eigenvalue weighted by atomic mass is 35.5. The van der Waals surface area contributed by atoms with Crippen LogP contribution in [0.25, 0.3) is 0 Å². The van der Waals surface area contributed by atoms with Gasteiger partial charge in [-0.05, 0) is 170 Å². The van der Waals surface area contributed by atoms with E-state index in [-0.39, 0.29) is 34.6 Å². The van der Waals surface area contributed by atoms with Crippen LogP contribution in [0.4, 0.5) is 17.1 Å². The number of anilines is 3. The lowest BCUT2D eigenvalue weighted by atomic mass is 9.95. The lowest BCUT2D eigenvalue weighted by Crippen LogP contribution is -2.27. The van der Waals surface area contributed by atoms with Gasteiger partial charge in [-0.15, -0.1) is 0 Å². The Morgan fingerprint density at radius 3 is 1.15 bits per heavy atom. The Kier molecular flexibility index (Phi) is 25.9. The van der Waals surface area contributed by atoms with Crippen LogP contribution in [0.3, 0.4) is 0 Å². The Balaban J connectivity index is 0.000000250. The number of halogens is 3. The average Bonchev–Trinajstić information content (AvgIpc) is 3.41. The first-order chi connectivity index (χ1) is 36.8. The summed E-state index contributed by atoms with van der Waals surface area (Å²) in [5, 5.41) is 12.9. The molecule has 15 nitrogen and oxygen atoms in total. The molecule has 0 spiro atoms. The highest BCUT2D eigenvalue weighted by Gasteiger charge is 2.21. The molecule has 0 aliphatic heterocycles. The summed E-state index contributed by atoms with van der Waals surface area (Å²) in [4.78, 5) is 77.6. The first kappa shape index (κ1) is 63.9. The molecule has 1 amide bonds. The number of nitrogens with one attached hydrogen (secondary N) is 1. The number of carboxylic acids is 1. The van der Waals surface area contributed by atoms with E-state index in [1.807, 2.05) is 91.8 Å². The summed E-state index contributed by atoms with van der Waals surface area (Å²) in [6, 6.07) is 43.4. The molecule has 0 fully saturated rings. The number of aromatic nitrogens is 5. The standard InChI is InChI=1S/2C13H11ClN2O.C11H14ClNO.C9H11NO2.C7H7NO2.C7H9N/c2*1-8-3-2-4-12(16-8)13(17)10-7-9(14)5-6-11(10)15;1-11(2,3)10(14)13-9-6-4-8(12)5-7-9;1-3-12-9(11)8-6-4-5-7(2)10-8;1-5-3-2-4-6(8-5)7(9)10;1-6-4-3-5-7(2)8-6/h2*2-7H,15H2,1H3;4-7H,1-3H3,(H,13,14);4-6H,3H2,1-2H3;2-4H,1H3,(H,9,10);3-5H,1-2H3. The lowest BCUT2D eigenvalue weighted by molar-refractivity contribution is -0.123. The molecule has 406 valence electrons. The topological polar surface area (TPSA) is 243 Å². The van der Waals surface area contributed by atoms with Crippen molar-refractivity contribution >= 4 is 81.3 Å². The van der Waals surface area contributed by atoms with Gasteiger partial charge in [0.05, 0.1) is 6.61 Å². The van der Waals surface area contributed by atoms with E-state index in [4.69, 9.17) is 56.1 Å². The molecule has 0 saturated heterocycles. The van der Waals surface area contributed by atoms with E-state index in [2.05, 4.69) is 30.2 Å². The number of hydrogen-bond donors (Lipinski definition) is 4. The zero-order valence-corrected chi connectivity index (χ0v) is 47.3. The van der Waals surface area contributed by atoms with Crippen molar-refractivity contribution in [2.24, 2.45) is 5.41 Å². The minimum absolute atomic E-state index is 0.000164. The number of aromatic carboxylic acids is 1. The number of benzene rings is 3. The highest BCUT2D eigenvalue weighted by molar-refractivity contribution is 6.32. The SMILES string of the molecule is CC(C)(C)C(=O)Nc1ccc(Cl)cc1.CCOC(=O)c1cccc(C)n1.Cc1cccc(C(=O)O)n1.Cc1cccc(C(=O)c2cc(Cl)ccc2N)n1.Cc1cccc(C(=O)c2cc(Cl)ccc2N)n1.Cc1cccc(C)n1. The van der Waals surface area contributed by atoms with Crippen molar-refractivity contribution in [3.8, 4) is 0 Å². The summed E-state index contributed by atoms with van der Waals surface area (Å²) < 4.78 is 4.78. The number of carbonyl (C=O) groups excluding carboxylic acids is 4. The molecule has 3 aromatic carbocycles. The fraction of sp³-hybridized carbons (Fsp3) is 0.200. The van der Waals surface area contributed by atoms with E-state index >= 15 is 0 Å². The molecule has 0 unspecified atom stereocenters. The van der Waals surface area contributed by atoms with E-state index in [1.54, 1.807) is 123 Å². The minimum atomic E-state index is -0.983. The molecule has 0 atom stereocenters. The Morgan fingerprint density at radius 2 is 0.821 bits per heavy atom. The van der Waals surface area contributed by atoms with Gasteiger partial charge in [0.1, 0.15) is 22.8 Å². The number of nitrogen functional groups attached to an aromatic ring is 2. The predicted molar refractivity (Wildman–Crippen MR) is 311 cm³/mol. The maximum Gasteiger partial charge on any atom is 0.356 e. The number of carboxylic acid groups (broad SMARTS) is 1. The first-order valence-electron chi connectivity index (χ1n) is 24.1. The number of nitrogens with two attached hydrogens (primary N) is 2. The molecule has 8 rings (SSSR count). The summed E-state index contributed by atoms with van der Waals surface area (Å²) in [6.45, 7) is 19.0. The summed E-state index contributed by atoms with van der Waals surface area (Å²) in [5.74, 6) is -1.77. The largest absolute Gasteiger partial charge is 0.477 e. The smallest absolute Gasteiger partial charge is 0.356 e. The van der Waals surface area contributed by atoms with Gasteiger partial charge in [-0.2, -0.15) is 0 Å². The minimum Gasteiger partial charge on any atom is -0.477 e. The van der Waals surface area contributed by atoms with E-state index in [9.17, 15) is 24.0 Å². The number of ketones is 2. The molecule has 5 aromatic heterocycles. The van der Waals surface area contributed by atoms with Gasteiger partial charge in [-0.25, -0.2) is 29.5 Å². The van der Waals surface area contributed by atoms with Crippen molar-refractivity contribution in [1.82, 2.24) is 24.9 Å². The van der Waals surface area contributed by atoms with Gasteiger partial charge in [-0.3, -0.25) is 19.4 Å². The highest BCUT2D eigenvalue weighted by Crippen LogP contribution is 2.23. The molecule has 5 heterocycles. The van der Waals surface area contributed by atoms with Gasteiger partial charge < -0.3 is 26.6 Å². The second kappa shape index (κ2) is 31.6. The van der Waals surface area contributed by atoms with E-state index in [0.717, 1.165) is 39.9 Å². The first-order valence-corrected chi connectivity index (χ1v) is 25.2. The third-order valence-electron chi connectivity index (χ3n) is 10.1. The van der Waals surface area contributed by atoms with Crippen molar-refractivity contribution in [2.75, 3.05) is 23.4 Å². The second-order valence-corrected chi connectivity index (χ2v) is 19.2. The molecule has 0 saturated carbocycles. The van der Waals surface area contributed by atoms with Crippen LogP contribution < -0.4 is 16.8 Å². The molecule has 78 heavy (non-hydrogen) atoms. The van der Waals surface area contributed by atoms with Gasteiger partial charge in [0.15, 0.2) is 0 Å². The fourth-order valence-corrected chi connectivity index (χ4v) is 6.59. The van der Waals surface area contributed by atoms with E-state index < -0.39 is 5.97 Å². The predicted octanol–water partition coefficient (Wildman–Crippen LogP) is 13.4. The van der Waals surface area contributed by atoms with E-state index in [1.165, 1.54) is 6.07 Å². The molecule has 0 radical (unpaired) electrons. The number of ether oxygens (including phenoxy) is 1. The average molecular weight is 1110 g/mol. The van der Waals surface area contributed by atoms with Crippen LogP contribution >= 0.6 is 34.8 Å². The van der Waals surface area contributed by atoms with Gasteiger partial charge in [0, 0.05) is 82.8 Å². The number of pyridine rings is 5. The summed E-state index contributed by atoms with van der Waals surface area (Å²) in [5.41, 5.74) is 20.0. The molecule has 6 N–H and O–H groups in total. The van der Waals surface area contributed by atoms with Crippen LogP contribution in [-0.4, -0.2) is 66.0 Å². The van der Waals surface area contributed by atoms with Crippen LogP contribution in [0, 0.1) is 47.0 Å². The van der Waals surface area contributed by atoms with Crippen LogP contribution in [0.5, 0.6) is 0 Å². The number of carbonyl (C=O) groups is 5. The number of esters is 1. The summed E-state index contributed by atoms with van der Waals surface area (Å²) in [7, 11) is 0. The van der Waals surface area contributed by atoms with Crippen LogP contribution in [0.15, 0.2) is 152 Å². The van der Waals surface area contributed by atoms with Crippen LogP contribution in [0.2, 0.25) is 15.1 Å². The Morgan fingerprint density at radius 1 is 0.487 bits per heavy atom. The van der Waals surface area contributed by atoms with Gasteiger partial charge in [0.25, 0.3) is 0 Å². The fourth-order valence-electron chi connectivity index (χ4n) is 6.12. The Hall–Kier alpha value is -8.37. The van der Waals surface area contributed by atoms with Crippen molar-refractivity contribution < 1.29 is 33.8 Å². The lowest BCUT2D eigenvalue weighted by Gasteiger charge is -2.17. The molecular weight excluding hydrogens is 1050 g/mol. The van der Waals surface area contributed by atoms with Crippen molar-refractivity contribution in [2.45, 2.75) is 69.2 Å². The number of nitrogens with zero attached hydrogens (tertiary/aromatic N) is 5. The molecule has 0 bridgehead atoms. The number of amides is 1. The quantitative estimate of drug-likeness (QED) is 0.0628. The third kappa shape index (κ3) is 22.8. The molecule has 18 heteroatoms. The maximum atomic E-state index is 12.2. The van der Waals surface area contributed by atoms with E-state index in [0.29, 0.717) is 61.3 Å². The second-order valence-electron chi connectivity index (χ2n) is 17.9.